The van der Waals surface area contributed by atoms with Gasteiger partial charge in [-0.05, 0) is 84.9 Å². The number of hydrogen-bond acceptors (Lipinski definition) is 7. The van der Waals surface area contributed by atoms with E-state index in [4.69, 9.17) is 11.6 Å². The van der Waals surface area contributed by atoms with Gasteiger partial charge in [-0.25, -0.2) is 10.8 Å². The Hall–Kier alpha value is -3.49. The molecule has 0 aliphatic heterocycles. The minimum absolute atomic E-state index is 0.0251. The minimum Gasteiger partial charge on any atom is -0.397 e. The predicted molar refractivity (Wildman–Crippen MR) is 160 cm³/mol. The van der Waals surface area contributed by atoms with E-state index < -0.39 is 0 Å². The van der Waals surface area contributed by atoms with Gasteiger partial charge in [0.05, 0.1) is 17.1 Å². The van der Waals surface area contributed by atoms with Gasteiger partial charge in [0.15, 0.2) is 0 Å². The van der Waals surface area contributed by atoms with Crippen molar-refractivity contribution < 1.29 is 4.79 Å². The van der Waals surface area contributed by atoms with E-state index in [1.54, 1.807) is 36.3 Å². The number of amides is 1. The summed E-state index contributed by atoms with van der Waals surface area (Å²) in [5, 5.41) is 7.90. The Bertz CT molecular complexity index is 1330. The molecule has 6 N–H and O–H groups in total. The van der Waals surface area contributed by atoms with Crippen LogP contribution >= 0.6 is 11.8 Å². The maximum Gasteiger partial charge on any atom is 0.255 e. The summed E-state index contributed by atoms with van der Waals surface area (Å²) >= 11 is 1.60. The van der Waals surface area contributed by atoms with Gasteiger partial charge in [-0.2, -0.15) is 0 Å². The molecule has 1 aliphatic rings. The first-order valence-corrected chi connectivity index (χ1v) is 14.1. The molecule has 0 radical (unpaired) electrons. The quantitative estimate of drug-likeness (QED) is 0.150. The SMILES string of the molecule is CSc1ccc(C(C)(C)C)cc1NC(=O)c1ccc(C)c(N(N)/C=C(\N)c2ccc(NCC3CC3)nc2)c1. The van der Waals surface area contributed by atoms with Gasteiger partial charge in [-0.3, -0.25) is 9.80 Å². The summed E-state index contributed by atoms with van der Waals surface area (Å²) in [5.41, 5.74) is 11.6. The average molecular weight is 531 g/mol. The van der Waals surface area contributed by atoms with Crippen LogP contribution in [0.25, 0.3) is 5.70 Å². The third kappa shape index (κ3) is 6.88. The Kier molecular flexibility index (Phi) is 8.33. The zero-order valence-corrected chi connectivity index (χ0v) is 23.7. The molecule has 7 nitrogen and oxygen atoms in total. The normalized spacial score (nSPS) is 13.8. The van der Waals surface area contributed by atoms with Gasteiger partial charge >= 0.3 is 0 Å². The fourth-order valence-electron chi connectivity index (χ4n) is 4.03. The highest BCUT2D eigenvalue weighted by molar-refractivity contribution is 7.98. The van der Waals surface area contributed by atoms with Gasteiger partial charge in [0, 0.05) is 35.0 Å². The maximum absolute atomic E-state index is 13.3. The van der Waals surface area contributed by atoms with E-state index in [-0.39, 0.29) is 11.3 Å². The Morgan fingerprint density at radius 2 is 1.87 bits per heavy atom. The molecule has 1 aliphatic carbocycles. The van der Waals surface area contributed by atoms with E-state index in [1.165, 1.54) is 17.9 Å². The largest absolute Gasteiger partial charge is 0.397 e. The van der Waals surface area contributed by atoms with Crippen LogP contribution in [0.1, 0.15) is 60.7 Å². The summed E-state index contributed by atoms with van der Waals surface area (Å²) in [7, 11) is 0. The first kappa shape index (κ1) is 27.5. The summed E-state index contributed by atoms with van der Waals surface area (Å²) in [6.45, 7) is 9.37. The van der Waals surface area contributed by atoms with Crippen molar-refractivity contribution in [1.82, 2.24) is 4.98 Å². The molecule has 1 heterocycles. The first-order chi connectivity index (χ1) is 18.0. The van der Waals surface area contributed by atoms with Crippen LogP contribution in [0.2, 0.25) is 0 Å². The zero-order valence-electron chi connectivity index (χ0n) is 22.8. The van der Waals surface area contributed by atoms with Crippen molar-refractivity contribution in [3.63, 3.8) is 0 Å². The molecule has 0 atom stereocenters. The number of nitrogens with two attached hydrogens (primary N) is 2. The lowest BCUT2D eigenvalue weighted by Crippen LogP contribution is -2.27. The summed E-state index contributed by atoms with van der Waals surface area (Å²) < 4.78 is 0. The molecule has 8 heteroatoms. The molecular weight excluding hydrogens is 492 g/mol. The fourth-order valence-corrected chi connectivity index (χ4v) is 4.56. The monoisotopic (exact) mass is 530 g/mol. The van der Waals surface area contributed by atoms with Gasteiger partial charge < -0.3 is 16.4 Å². The molecule has 1 saturated carbocycles. The molecule has 1 aromatic heterocycles. The number of pyridine rings is 1. The fraction of sp³-hybridized carbons (Fsp3) is 0.333. The second-order valence-corrected chi connectivity index (χ2v) is 11.7. The van der Waals surface area contributed by atoms with Crippen molar-refractivity contribution in [2.45, 2.75) is 50.8 Å². The number of hydrogen-bond donors (Lipinski definition) is 4. The highest BCUT2D eigenvalue weighted by Crippen LogP contribution is 2.32. The number of thioether (sulfide) groups is 1. The number of anilines is 3. The number of carbonyl (C=O) groups excluding carboxylic acids is 1. The highest BCUT2D eigenvalue weighted by Gasteiger charge is 2.21. The Labute approximate surface area is 230 Å². The lowest BCUT2D eigenvalue weighted by Gasteiger charge is -2.22. The molecule has 0 spiro atoms. The standard InChI is InChI=1S/C30H38N6OS/c1-19-6-9-21(29(37)35-25-15-23(30(2,3)4)11-12-27(25)38-5)14-26(19)36(32)18-24(31)22-10-13-28(34-17-22)33-16-20-7-8-20/h6,9-15,17-18,20H,7-8,16,31-32H2,1-5H3,(H,33,34)(H,35,37)/b24-18-. The summed E-state index contributed by atoms with van der Waals surface area (Å²) in [6, 6.07) is 15.5. The highest BCUT2D eigenvalue weighted by atomic mass is 32.2. The van der Waals surface area contributed by atoms with Crippen LogP contribution < -0.4 is 27.2 Å². The van der Waals surface area contributed by atoms with E-state index >= 15 is 0 Å². The molecule has 38 heavy (non-hydrogen) atoms. The third-order valence-electron chi connectivity index (χ3n) is 6.71. The van der Waals surface area contributed by atoms with Gasteiger partial charge in [-0.1, -0.05) is 32.9 Å². The van der Waals surface area contributed by atoms with E-state index in [1.807, 2.05) is 31.4 Å². The number of rotatable bonds is 9. The number of nitrogens with zero attached hydrogens (tertiary/aromatic N) is 2. The van der Waals surface area contributed by atoms with E-state index in [0.717, 1.165) is 45.6 Å². The summed E-state index contributed by atoms with van der Waals surface area (Å²) in [6.07, 6.45) is 7.97. The lowest BCUT2D eigenvalue weighted by atomic mass is 9.87. The van der Waals surface area contributed by atoms with Crippen molar-refractivity contribution >= 4 is 40.6 Å². The number of aromatic nitrogens is 1. The Balaban J connectivity index is 1.50. The van der Waals surface area contributed by atoms with Crippen LogP contribution in [0.5, 0.6) is 0 Å². The third-order valence-corrected chi connectivity index (χ3v) is 7.50. The van der Waals surface area contributed by atoms with Gasteiger partial charge in [0.2, 0.25) is 0 Å². The van der Waals surface area contributed by atoms with E-state index in [9.17, 15) is 4.79 Å². The topological polar surface area (TPSA) is 109 Å². The second kappa shape index (κ2) is 11.5. The molecular formula is C30H38N6OS. The van der Waals surface area contributed by atoms with Crippen LogP contribution in [0, 0.1) is 12.8 Å². The van der Waals surface area contributed by atoms with Gasteiger partial charge in [0.1, 0.15) is 5.82 Å². The van der Waals surface area contributed by atoms with Gasteiger partial charge in [0.25, 0.3) is 5.91 Å². The van der Waals surface area contributed by atoms with Crippen molar-refractivity contribution in [1.29, 1.82) is 0 Å². The average Bonchev–Trinajstić information content (AvgIpc) is 3.72. The van der Waals surface area contributed by atoms with E-state index in [0.29, 0.717) is 16.9 Å². The molecule has 0 saturated heterocycles. The van der Waals surface area contributed by atoms with Gasteiger partial charge in [-0.15, -0.1) is 11.8 Å². The molecule has 3 aromatic rings. The van der Waals surface area contributed by atoms with Crippen LogP contribution in [0.4, 0.5) is 17.2 Å². The van der Waals surface area contributed by atoms with Crippen molar-refractivity contribution in [3.05, 3.63) is 83.2 Å². The zero-order chi connectivity index (χ0) is 27.4. The molecule has 200 valence electrons. The molecule has 0 unspecified atom stereocenters. The molecule has 4 rings (SSSR count). The number of aryl methyl sites for hydroxylation is 1. The molecule has 1 amide bonds. The number of benzene rings is 2. The van der Waals surface area contributed by atoms with Crippen LogP contribution in [-0.4, -0.2) is 23.7 Å². The van der Waals surface area contributed by atoms with E-state index in [2.05, 4.69) is 54.6 Å². The maximum atomic E-state index is 13.3. The molecule has 0 bridgehead atoms. The summed E-state index contributed by atoms with van der Waals surface area (Å²) in [5.74, 6) is 7.81. The minimum atomic E-state index is -0.198. The summed E-state index contributed by atoms with van der Waals surface area (Å²) in [4.78, 5) is 18.7. The second-order valence-electron chi connectivity index (χ2n) is 10.9. The van der Waals surface area contributed by atoms with Crippen LogP contribution in [0.15, 0.2) is 65.8 Å². The van der Waals surface area contributed by atoms with Crippen molar-refractivity contribution in [2.75, 3.05) is 28.4 Å². The van der Waals surface area contributed by atoms with Crippen molar-refractivity contribution in [2.24, 2.45) is 17.5 Å². The van der Waals surface area contributed by atoms with Crippen molar-refractivity contribution in [3.8, 4) is 0 Å². The smallest absolute Gasteiger partial charge is 0.255 e. The molecule has 1 fully saturated rings. The number of nitrogens with one attached hydrogen (secondary N) is 2. The Morgan fingerprint density at radius 3 is 2.50 bits per heavy atom. The van der Waals surface area contributed by atoms with Crippen LogP contribution in [0.3, 0.4) is 0 Å². The molecule has 2 aromatic carbocycles. The number of carbonyl (C=O) groups is 1. The predicted octanol–water partition coefficient (Wildman–Crippen LogP) is 6.12. The number of hydrazine groups is 1. The lowest BCUT2D eigenvalue weighted by molar-refractivity contribution is 0.102. The Morgan fingerprint density at radius 1 is 1.13 bits per heavy atom. The first-order valence-electron chi connectivity index (χ1n) is 12.9. The van der Waals surface area contributed by atoms with Crippen LogP contribution in [-0.2, 0) is 5.41 Å².